The number of hydrogen-bond acceptors (Lipinski definition) is 5. The maximum atomic E-state index is 11.9. The molecule has 9 heteroatoms. The highest BCUT2D eigenvalue weighted by Crippen LogP contribution is 2.17. The second kappa shape index (κ2) is 7.07. The number of amides is 2. The number of urea groups is 1. The third-order valence-electron chi connectivity index (χ3n) is 3.89. The Morgan fingerprint density at radius 2 is 2.21 bits per heavy atom. The van der Waals surface area contributed by atoms with E-state index in [0.29, 0.717) is 18.7 Å². The van der Waals surface area contributed by atoms with Gasteiger partial charge in [0.05, 0.1) is 4.92 Å². The Bertz CT molecular complexity index is 757. The minimum absolute atomic E-state index is 0.0668. The zero-order valence-corrected chi connectivity index (χ0v) is 13.1. The van der Waals surface area contributed by atoms with Crippen LogP contribution in [0.25, 0.3) is 0 Å². The van der Waals surface area contributed by atoms with E-state index in [0.717, 1.165) is 37.5 Å². The molecule has 1 aromatic heterocycles. The standard InChI is InChI=1S/C15H18N6O3/c22-15(17-11-4-3-5-12(10-11)21(23)24)16-8-7-14-19-18-13-6-1-2-9-20(13)14/h3-5,10H,1-2,6-9H2,(H2,16,17,22). The third-order valence-corrected chi connectivity index (χ3v) is 3.89. The van der Waals surface area contributed by atoms with Crippen LogP contribution in [0.5, 0.6) is 0 Å². The number of benzene rings is 1. The molecule has 1 aliphatic rings. The monoisotopic (exact) mass is 330 g/mol. The average molecular weight is 330 g/mol. The van der Waals surface area contributed by atoms with Crippen LogP contribution in [0.2, 0.25) is 0 Å². The molecule has 0 aliphatic carbocycles. The lowest BCUT2D eigenvalue weighted by Gasteiger charge is -2.14. The fourth-order valence-corrected chi connectivity index (χ4v) is 2.71. The molecule has 0 bridgehead atoms. The summed E-state index contributed by atoms with van der Waals surface area (Å²) in [6, 6.07) is 5.40. The van der Waals surface area contributed by atoms with E-state index in [1.54, 1.807) is 6.07 Å². The van der Waals surface area contributed by atoms with Crippen molar-refractivity contribution < 1.29 is 9.72 Å². The number of hydrogen-bond donors (Lipinski definition) is 2. The van der Waals surface area contributed by atoms with E-state index in [-0.39, 0.29) is 5.69 Å². The van der Waals surface area contributed by atoms with Gasteiger partial charge in [0.15, 0.2) is 0 Å². The summed E-state index contributed by atoms with van der Waals surface area (Å²) in [4.78, 5) is 22.1. The molecule has 0 saturated carbocycles. The minimum atomic E-state index is -0.502. The van der Waals surface area contributed by atoms with Crippen LogP contribution in [0, 0.1) is 10.1 Å². The summed E-state index contributed by atoms with van der Waals surface area (Å²) >= 11 is 0. The summed E-state index contributed by atoms with van der Waals surface area (Å²) in [7, 11) is 0. The number of rotatable bonds is 5. The van der Waals surface area contributed by atoms with Crippen LogP contribution in [-0.2, 0) is 19.4 Å². The van der Waals surface area contributed by atoms with Gasteiger partial charge in [0.25, 0.3) is 5.69 Å². The Hall–Kier alpha value is -2.97. The second-order valence-corrected chi connectivity index (χ2v) is 5.58. The molecule has 0 unspecified atom stereocenters. The first kappa shape index (κ1) is 15.9. The average Bonchev–Trinajstić information content (AvgIpc) is 2.98. The predicted octanol–water partition coefficient (Wildman–Crippen LogP) is 1.89. The van der Waals surface area contributed by atoms with E-state index in [2.05, 4.69) is 25.4 Å². The summed E-state index contributed by atoms with van der Waals surface area (Å²) in [5, 5.41) is 24.4. The molecule has 1 aliphatic heterocycles. The van der Waals surface area contributed by atoms with Gasteiger partial charge in [-0.05, 0) is 18.9 Å². The van der Waals surface area contributed by atoms with Crippen LogP contribution >= 0.6 is 0 Å². The van der Waals surface area contributed by atoms with E-state index >= 15 is 0 Å². The first-order chi connectivity index (χ1) is 11.6. The Labute approximate surface area is 138 Å². The number of nitro groups is 1. The molecule has 0 atom stereocenters. The minimum Gasteiger partial charge on any atom is -0.337 e. The number of aryl methyl sites for hydroxylation is 1. The Morgan fingerprint density at radius 3 is 3.04 bits per heavy atom. The van der Waals surface area contributed by atoms with Crippen LogP contribution < -0.4 is 10.6 Å². The number of carbonyl (C=O) groups is 1. The van der Waals surface area contributed by atoms with Crippen molar-refractivity contribution in [2.75, 3.05) is 11.9 Å². The molecule has 1 aromatic carbocycles. The SMILES string of the molecule is O=C(NCCc1nnc2n1CCCC2)Nc1cccc([N+](=O)[O-])c1. The number of aromatic nitrogens is 3. The van der Waals surface area contributed by atoms with Crippen molar-refractivity contribution in [2.24, 2.45) is 0 Å². The van der Waals surface area contributed by atoms with Gasteiger partial charge in [-0.15, -0.1) is 10.2 Å². The first-order valence-electron chi connectivity index (χ1n) is 7.84. The molecule has 2 aromatic rings. The summed E-state index contributed by atoms with van der Waals surface area (Å²) in [6.07, 6.45) is 3.81. The maximum Gasteiger partial charge on any atom is 0.319 e. The normalized spacial score (nSPS) is 13.2. The van der Waals surface area contributed by atoms with Crippen molar-refractivity contribution in [1.82, 2.24) is 20.1 Å². The summed E-state index contributed by atoms with van der Waals surface area (Å²) < 4.78 is 2.11. The summed E-state index contributed by atoms with van der Waals surface area (Å²) in [5.74, 6) is 1.89. The van der Waals surface area contributed by atoms with Crippen molar-refractivity contribution in [1.29, 1.82) is 0 Å². The van der Waals surface area contributed by atoms with Crippen LogP contribution in [0.3, 0.4) is 0 Å². The van der Waals surface area contributed by atoms with Crippen LogP contribution in [-0.4, -0.2) is 32.3 Å². The van der Waals surface area contributed by atoms with Crippen molar-refractivity contribution in [3.05, 3.63) is 46.0 Å². The van der Waals surface area contributed by atoms with Gasteiger partial charge in [-0.1, -0.05) is 6.07 Å². The zero-order chi connectivity index (χ0) is 16.9. The Balaban J connectivity index is 1.50. The molecule has 0 radical (unpaired) electrons. The van der Waals surface area contributed by atoms with E-state index in [9.17, 15) is 14.9 Å². The van der Waals surface area contributed by atoms with E-state index in [4.69, 9.17) is 0 Å². The quantitative estimate of drug-likeness (QED) is 0.641. The number of carbonyl (C=O) groups excluding carboxylic acids is 1. The van der Waals surface area contributed by atoms with Gasteiger partial charge in [0.2, 0.25) is 0 Å². The highest BCUT2D eigenvalue weighted by Gasteiger charge is 2.15. The van der Waals surface area contributed by atoms with Crippen molar-refractivity contribution in [3.8, 4) is 0 Å². The van der Waals surface area contributed by atoms with Gasteiger partial charge < -0.3 is 15.2 Å². The highest BCUT2D eigenvalue weighted by molar-refractivity contribution is 5.89. The molecule has 3 rings (SSSR count). The Morgan fingerprint density at radius 1 is 1.33 bits per heavy atom. The fraction of sp³-hybridized carbons (Fsp3) is 0.400. The number of nitro benzene ring substituents is 1. The van der Waals surface area contributed by atoms with Gasteiger partial charge >= 0.3 is 6.03 Å². The molecule has 126 valence electrons. The second-order valence-electron chi connectivity index (χ2n) is 5.58. The molecule has 2 heterocycles. The molecule has 2 amide bonds. The smallest absolute Gasteiger partial charge is 0.319 e. The summed E-state index contributed by atoms with van der Waals surface area (Å²) in [5.41, 5.74) is 0.310. The lowest BCUT2D eigenvalue weighted by atomic mass is 10.1. The van der Waals surface area contributed by atoms with Crippen molar-refractivity contribution in [2.45, 2.75) is 32.2 Å². The largest absolute Gasteiger partial charge is 0.337 e. The molecule has 2 N–H and O–H groups in total. The molecule has 0 saturated heterocycles. The summed E-state index contributed by atoms with van der Waals surface area (Å²) in [6.45, 7) is 1.34. The van der Waals surface area contributed by atoms with Crippen molar-refractivity contribution in [3.63, 3.8) is 0 Å². The molecule has 0 spiro atoms. The first-order valence-corrected chi connectivity index (χ1v) is 7.84. The van der Waals surface area contributed by atoms with Gasteiger partial charge in [-0.25, -0.2) is 4.79 Å². The third kappa shape index (κ3) is 3.67. The fourth-order valence-electron chi connectivity index (χ4n) is 2.71. The number of nitrogens with zero attached hydrogens (tertiary/aromatic N) is 4. The number of nitrogens with one attached hydrogen (secondary N) is 2. The van der Waals surface area contributed by atoms with Crippen LogP contribution in [0.15, 0.2) is 24.3 Å². The van der Waals surface area contributed by atoms with Crippen LogP contribution in [0.1, 0.15) is 24.5 Å². The zero-order valence-electron chi connectivity index (χ0n) is 13.1. The Kier molecular flexibility index (Phi) is 4.69. The highest BCUT2D eigenvalue weighted by atomic mass is 16.6. The van der Waals surface area contributed by atoms with Gasteiger partial charge in [0.1, 0.15) is 11.6 Å². The number of anilines is 1. The lowest BCUT2D eigenvalue weighted by molar-refractivity contribution is -0.384. The van der Waals surface area contributed by atoms with Gasteiger partial charge in [-0.2, -0.15) is 0 Å². The molecule has 24 heavy (non-hydrogen) atoms. The molecule has 0 fully saturated rings. The number of fused-ring (bicyclic) bond motifs is 1. The number of non-ortho nitro benzene ring substituents is 1. The predicted molar refractivity (Wildman–Crippen MR) is 86.8 cm³/mol. The van der Waals surface area contributed by atoms with E-state index < -0.39 is 11.0 Å². The van der Waals surface area contributed by atoms with Gasteiger partial charge in [-0.3, -0.25) is 10.1 Å². The maximum absolute atomic E-state index is 11.9. The molecular weight excluding hydrogens is 312 g/mol. The topological polar surface area (TPSA) is 115 Å². The molecular formula is C15H18N6O3. The van der Waals surface area contributed by atoms with E-state index in [1.807, 2.05) is 0 Å². The lowest BCUT2D eigenvalue weighted by Crippen LogP contribution is -2.31. The van der Waals surface area contributed by atoms with Gasteiger partial charge in [0, 0.05) is 43.8 Å². The van der Waals surface area contributed by atoms with Crippen molar-refractivity contribution >= 4 is 17.4 Å². The van der Waals surface area contributed by atoms with Crippen LogP contribution in [0.4, 0.5) is 16.2 Å². The van der Waals surface area contributed by atoms with E-state index in [1.165, 1.54) is 18.2 Å². The molecule has 9 nitrogen and oxygen atoms in total.